The maximum atomic E-state index is 12.5. The standard InChI is InChI=1S/C16H24N4O4S2/c1-3-26(23,24)20-9-6-13-14(10-20)25-16(17-13)18-15(22)12-4-7-19(8-5-12)11(2)21/h12H,3-10H2,1-2H3,(H,17,18,22). The summed E-state index contributed by atoms with van der Waals surface area (Å²) in [6.07, 6.45) is 1.87. The van der Waals surface area contributed by atoms with E-state index in [1.54, 1.807) is 18.7 Å². The minimum Gasteiger partial charge on any atom is -0.343 e. The van der Waals surface area contributed by atoms with Crippen molar-refractivity contribution in [3.05, 3.63) is 10.6 Å². The van der Waals surface area contributed by atoms with Gasteiger partial charge in [0.2, 0.25) is 21.8 Å². The maximum Gasteiger partial charge on any atom is 0.229 e. The summed E-state index contributed by atoms with van der Waals surface area (Å²) in [6.45, 7) is 5.15. The van der Waals surface area contributed by atoms with Crippen molar-refractivity contribution >= 4 is 38.3 Å². The Labute approximate surface area is 157 Å². The van der Waals surface area contributed by atoms with Gasteiger partial charge < -0.3 is 10.2 Å². The fourth-order valence-electron chi connectivity index (χ4n) is 3.31. The van der Waals surface area contributed by atoms with Crippen LogP contribution < -0.4 is 5.32 Å². The summed E-state index contributed by atoms with van der Waals surface area (Å²) in [4.78, 5) is 31.0. The number of hydrogen-bond donors (Lipinski definition) is 1. The molecule has 1 fully saturated rings. The quantitative estimate of drug-likeness (QED) is 0.814. The first-order chi connectivity index (χ1) is 12.3. The first-order valence-corrected chi connectivity index (χ1v) is 11.3. The number of likely N-dealkylation sites (tertiary alicyclic amines) is 1. The lowest BCUT2D eigenvalue weighted by molar-refractivity contribution is -0.132. The predicted octanol–water partition coefficient (Wildman–Crippen LogP) is 1.05. The molecule has 0 radical (unpaired) electrons. The minimum absolute atomic E-state index is 0.0445. The number of thiazole rings is 1. The van der Waals surface area contributed by atoms with Crippen molar-refractivity contribution in [2.45, 2.75) is 39.7 Å². The van der Waals surface area contributed by atoms with Gasteiger partial charge in [-0.2, -0.15) is 4.31 Å². The number of carbonyl (C=O) groups is 2. The van der Waals surface area contributed by atoms with Crippen LogP contribution in [-0.2, 0) is 32.6 Å². The first kappa shape index (κ1) is 19.2. The van der Waals surface area contributed by atoms with E-state index in [9.17, 15) is 18.0 Å². The van der Waals surface area contributed by atoms with E-state index in [-0.39, 0.29) is 23.5 Å². The molecule has 3 rings (SSSR count). The maximum absolute atomic E-state index is 12.5. The fourth-order valence-corrected chi connectivity index (χ4v) is 5.48. The average Bonchev–Trinajstić information content (AvgIpc) is 3.03. The third kappa shape index (κ3) is 4.07. The summed E-state index contributed by atoms with van der Waals surface area (Å²) in [5.41, 5.74) is 0.874. The van der Waals surface area contributed by atoms with E-state index in [1.807, 2.05) is 0 Å². The number of carbonyl (C=O) groups excluding carboxylic acids is 2. The van der Waals surface area contributed by atoms with Crippen molar-refractivity contribution in [2.24, 2.45) is 5.92 Å². The monoisotopic (exact) mass is 400 g/mol. The molecule has 0 saturated carbocycles. The second kappa shape index (κ2) is 7.61. The molecule has 0 atom stereocenters. The van der Waals surface area contributed by atoms with Gasteiger partial charge in [-0.05, 0) is 19.8 Å². The van der Waals surface area contributed by atoms with Crippen LogP contribution in [0.2, 0.25) is 0 Å². The Balaban J connectivity index is 1.61. The van der Waals surface area contributed by atoms with E-state index in [2.05, 4.69) is 10.3 Å². The van der Waals surface area contributed by atoms with Gasteiger partial charge in [-0.15, -0.1) is 11.3 Å². The molecule has 0 aliphatic carbocycles. The third-order valence-electron chi connectivity index (χ3n) is 5.00. The Bertz CT molecular complexity index is 797. The Morgan fingerprint density at radius 1 is 1.27 bits per heavy atom. The molecule has 3 heterocycles. The highest BCUT2D eigenvalue weighted by Crippen LogP contribution is 2.30. The third-order valence-corrected chi connectivity index (χ3v) is 7.82. The minimum atomic E-state index is -3.21. The SMILES string of the molecule is CCS(=O)(=O)N1CCc2nc(NC(=O)C3CCN(C(C)=O)CC3)sc2C1. The zero-order valence-corrected chi connectivity index (χ0v) is 16.7. The number of sulfonamides is 1. The molecule has 0 bridgehead atoms. The number of nitrogens with zero attached hydrogens (tertiary/aromatic N) is 3. The molecular weight excluding hydrogens is 376 g/mol. The van der Waals surface area contributed by atoms with Gasteiger partial charge in [-0.25, -0.2) is 13.4 Å². The Morgan fingerprint density at radius 3 is 2.58 bits per heavy atom. The molecule has 10 heteroatoms. The zero-order chi connectivity index (χ0) is 18.9. The number of fused-ring (bicyclic) bond motifs is 1. The van der Waals surface area contributed by atoms with Crippen molar-refractivity contribution in [1.29, 1.82) is 0 Å². The normalized spacial score (nSPS) is 19.2. The Morgan fingerprint density at radius 2 is 1.96 bits per heavy atom. The van der Waals surface area contributed by atoms with Crippen molar-refractivity contribution in [3.8, 4) is 0 Å². The van der Waals surface area contributed by atoms with Crippen molar-refractivity contribution < 1.29 is 18.0 Å². The number of amides is 2. The van der Waals surface area contributed by atoms with Gasteiger partial charge >= 0.3 is 0 Å². The van der Waals surface area contributed by atoms with Gasteiger partial charge in [0.25, 0.3) is 0 Å². The molecule has 0 unspecified atom stereocenters. The summed E-state index contributed by atoms with van der Waals surface area (Å²) in [6, 6.07) is 0. The van der Waals surface area contributed by atoms with Crippen LogP contribution in [0.15, 0.2) is 0 Å². The van der Waals surface area contributed by atoms with E-state index in [0.717, 1.165) is 10.6 Å². The molecule has 0 aromatic carbocycles. The summed E-state index contributed by atoms with van der Waals surface area (Å²) in [7, 11) is -3.21. The molecule has 2 amide bonds. The number of rotatable bonds is 4. The molecule has 8 nitrogen and oxygen atoms in total. The highest BCUT2D eigenvalue weighted by Gasteiger charge is 2.30. The molecule has 1 N–H and O–H groups in total. The number of anilines is 1. The lowest BCUT2D eigenvalue weighted by atomic mass is 9.96. The Hall–Kier alpha value is -1.52. The molecule has 1 aromatic rings. The molecular formula is C16H24N4O4S2. The van der Waals surface area contributed by atoms with Gasteiger partial charge in [0.1, 0.15) is 0 Å². The van der Waals surface area contributed by atoms with Crippen molar-refractivity contribution in [3.63, 3.8) is 0 Å². The van der Waals surface area contributed by atoms with E-state index in [4.69, 9.17) is 0 Å². The lowest BCUT2D eigenvalue weighted by Crippen LogP contribution is -2.40. The van der Waals surface area contributed by atoms with E-state index < -0.39 is 10.0 Å². The number of piperidine rings is 1. The van der Waals surface area contributed by atoms with E-state index in [0.29, 0.717) is 50.6 Å². The van der Waals surface area contributed by atoms with Crippen molar-refractivity contribution in [2.75, 3.05) is 30.7 Å². The summed E-state index contributed by atoms with van der Waals surface area (Å²) < 4.78 is 25.6. The second-order valence-electron chi connectivity index (χ2n) is 6.64. The smallest absolute Gasteiger partial charge is 0.229 e. The van der Waals surface area contributed by atoms with Crippen LogP contribution in [0.1, 0.15) is 37.3 Å². The summed E-state index contributed by atoms with van der Waals surface area (Å²) in [5.74, 6) is -0.0622. The predicted molar refractivity (Wildman–Crippen MR) is 99.3 cm³/mol. The van der Waals surface area contributed by atoms with Gasteiger partial charge in [-0.3, -0.25) is 9.59 Å². The van der Waals surface area contributed by atoms with Gasteiger partial charge in [0, 0.05) is 50.3 Å². The van der Waals surface area contributed by atoms with Gasteiger partial charge in [0.15, 0.2) is 5.13 Å². The van der Waals surface area contributed by atoms with E-state index >= 15 is 0 Å². The van der Waals surface area contributed by atoms with Crippen LogP contribution in [0.4, 0.5) is 5.13 Å². The molecule has 144 valence electrons. The van der Waals surface area contributed by atoms with Crippen LogP contribution >= 0.6 is 11.3 Å². The van der Waals surface area contributed by atoms with Crippen LogP contribution in [0.3, 0.4) is 0 Å². The summed E-state index contributed by atoms with van der Waals surface area (Å²) in [5, 5.41) is 3.41. The first-order valence-electron chi connectivity index (χ1n) is 8.83. The molecule has 26 heavy (non-hydrogen) atoms. The highest BCUT2D eigenvalue weighted by atomic mass is 32.2. The largest absolute Gasteiger partial charge is 0.343 e. The van der Waals surface area contributed by atoms with E-state index in [1.165, 1.54) is 15.6 Å². The van der Waals surface area contributed by atoms with Gasteiger partial charge in [0.05, 0.1) is 11.4 Å². The zero-order valence-electron chi connectivity index (χ0n) is 15.0. The molecule has 0 spiro atoms. The topological polar surface area (TPSA) is 99.7 Å². The highest BCUT2D eigenvalue weighted by molar-refractivity contribution is 7.89. The second-order valence-corrected chi connectivity index (χ2v) is 9.98. The van der Waals surface area contributed by atoms with Gasteiger partial charge in [-0.1, -0.05) is 0 Å². The van der Waals surface area contributed by atoms with Crippen LogP contribution in [0, 0.1) is 5.92 Å². The van der Waals surface area contributed by atoms with Crippen LogP contribution in [-0.4, -0.2) is 59.8 Å². The number of aromatic nitrogens is 1. The number of hydrogen-bond acceptors (Lipinski definition) is 6. The Kier molecular flexibility index (Phi) is 5.64. The lowest BCUT2D eigenvalue weighted by Gasteiger charge is -2.30. The molecule has 2 aliphatic heterocycles. The number of nitrogens with one attached hydrogen (secondary N) is 1. The van der Waals surface area contributed by atoms with Crippen LogP contribution in [0.25, 0.3) is 0 Å². The fraction of sp³-hybridized carbons (Fsp3) is 0.688. The van der Waals surface area contributed by atoms with Crippen molar-refractivity contribution in [1.82, 2.24) is 14.2 Å². The average molecular weight is 401 g/mol. The molecule has 1 aromatic heterocycles. The van der Waals surface area contributed by atoms with Crippen LogP contribution in [0.5, 0.6) is 0 Å². The molecule has 2 aliphatic rings. The molecule has 1 saturated heterocycles. The summed E-state index contributed by atoms with van der Waals surface area (Å²) >= 11 is 1.35.